The lowest BCUT2D eigenvalue weighted by molar-refractivity contribution is -0.135. The molecular weight excluding hydrogens is 467 g/mol. The fraction of sp³-hybridized carbons (Fsp3) is 0.407. The fourth-order valence-electron chi connectivity index (χ4n) is 5.23. The standard InChI is InChI=1S/C27H30Cl2N4O/c1-31-13-15-32(16-14-31)18-25(34)33-27(20-7-11-23(29)12-8-20)24-4-2-3-21(26(24)30-33)17-19-5-9-22(28)10-6-19/h5-12,17,24,27H,2-4,13-16,18H2,1H3/b21-17+. The van der Waals surface area contributed by atoms with Crippen molar-refractivity contribution in [3.8, 4) is 0 Å². The number of hydrogen-bond acceptors (Lipinski definition) is 4. The molecule has 0 radical (unpaired) electrons. The highest BCUT2D eigenvalue weighted by Gasteiger charge is 2.43. The third-order valence-electron chi connectivity index (χ3n) is 7.13. The second-order valence-electron chi connectivity index (χ2n) is 9.52. The van der Waals surface area contributed by atoms with E-state index in [0.717, 1.165) is 67.3 Å². The normalized spacial score (nSPS) is 24.9. The third kappa shape index (κ3) is 5.08. The van der Waals surface area contributed by atoms with Crippen LogP contribution in [0.5, 0.6) is 0 Å². The van der Waals surface area contributed by atoms with E-state index in [1.807, 2.05) is 48.5 Å². The van der Waals surface area contributed by atoms with Crippen molar-refractivity contribution in [3.63, 3.8) is 0 Å². The van der Waals surface area contributed by atoms with E-state index in [2.05, 4.69) is 22.9 Å². The van der Waals surface area contributed by atoms with Gasteiger partial charge in [0.1, 0.15) is 0 Å². The summed E-state index contributed by atoms with van der Waals surface area (Å²) < 4.78 is 0. The molecule has 1 saturated carbocycles. The molecule has 1 aliphatic carbocycles. The summed E-state index contributed by atoms with van der Waals surface area (Å²) in [6, 6.07) is 15.7. The summed E-state index contributed by atoms with van der Waals surface area (Å²) in [7, 11) is 2.13. The van der Waals surface area contributed by atoms with Gasteiger partial charge in [-0.15, -0.1) is 0 Å². The Kier molecular flexibility index (Phi) is 7.07. The van der Waals surface area contributed by atoms with Crippen LogP contribution >= 0.6 is 23.2 Å². The average Bonchev–Trinajstić information content (AvgIpc) is 3.23. The number of amides is 1. The Hall–Kier alpha value is -2.18. The lowest BCUT2D eigenvalue weighted by atomic mass is 9.77. The van der Waals surface area contributed by atoms with Gasteiger partial charge in [0.25, 0.3) is 5.91 Å². The molecule has 0 aromatic heterocycles. The van der Waals surface area contributed by atoms with Gasteiger partial charge < -0.3 is 4.90 Å². The first kappa shape index (κ1) is 23.6. The van der Waals surface area contributed by atoms with Crippen LogP contribution < -0.4 is 0 Å². The van der Waals surface area contributed by atoms with E-state index in [-0.39, 0.29) is 17.9 Å². The number of likely N-dealkylation sites (N-methyl/N-ethyl adjacent to an activating group) is 1. The highest BCUT2D eigenvalue weighted by atomic mass is 35.5. The molecule has 1 saturated heterocycles. The Bertz CT molecular complexity index is 1090. The number of fused-ring (bicyclic) bond motifs is 1. The number of nitrogens with zero attached hydrogens (tertiary/aromatic N) is 4. The Morgan fingerprint density at radius 1 is 1.00 bits per heavy atom. The molecule has 5 rings (SSSR count). The molecule has 34 heavy (non-hydrogen) atoms. The number of allylic oxidation sites excluding steroid dienone is 1. The topological polar surface area (TPSA) is 39.1 Å². The van der Waals surface area contributed by atoms with E-state index < -0.39 is 0 Å². The van der Waals surface area contributed by atoms with Crippen LogP contribution in [-0.4, -0.2) is 66.2 Å². The van der Waals surface area contributed by atoms with Crippen molar-refractivity contribution in [2.75, 3.05) is 39.8 Å². The van der Waals surface area contributed by atoms with Gasteiger partial charge in [0.2, 0.25) is 0 Å². The maximum Gasteiger partial charge on any atom is 0.257 e. The van der Waals surface area contributed by atoms with Gasteiger partial charge in [-0.25, -0.2) is 5.01 Å². The molecule has 2 atom stereocenters. The monoisotopic (exact) mass is 496 g/mol. The molecule has 2 unspecified atom stereocenters. The minimum Gasteiger partial charge on any atom is -0.304 e. The van der Waals surface area contributed by atoms with Crippen LogP contribution in [0.1, 0.15) is 36.4 Å². The van der Waals surface area contributed by atoms with Crippen LogP contribution in [0.2, 0.25) is 10.0 Å². The molecular formula is C27H30Cl2N4O. The van der Waals surface area contributed by atoms with Crippen molar-refractivity contribution >= 4 is 40.9 Å². The maximum absolute atomic E-state index is 13.6. The van der Waals surface area contributed by atoms with E-state index in [9.17, 15) is 4.79 Å². The van der Waals surface area contributed by atoms with Crippen LogP contribution in [0.3, 0.4) is 0 Å². The average molecular weight is 497 g/mol. The van der Waals surface area contributed by atoms with E-state index in [4.69, 9.17) is 28.3 Å². The van der Waals surface area contributed by atoms with Crippen LogP contribution in [0, 0.1) is 5.92 Å². The van der Waals surface area contributed by atoms with Gasteiger partial charge in [-0.1, -0.05) is 47.5 Å². The zero-order valence-corrected chi connectivity index (χ0v) is 21.0. The molecule has 7 heteroatoms. The van der Waals surface area contributed by atoms with Crippen molar-refractivity contribution in [2.24, 2.45) is 11.0 Å². The molecule has 2 heterocycles. The summed E-state index contributed by atoms with van der Waals surface area (Å²) in [5.41, 5.74) is 4.46. The largest absolute Gasteiger partial charge is 0.304 e. The van der Waals surface area contributed by atoms with Crippen molar-refractivity contribution in [2.45, 2.75) is 25.3 Å². The first-order valence-corrected chi connectivity index (χ1v) is 12.8. The molecule has 1 amide bonds. The summed E-state index contributed by atoms with van der Waals surface area (Å²) in [6.45, 7) is 4.18. The van der Waals surface area contributed by atoms with Crippen molar-refractivity contribution in [1.82, 2.24) is 14.8 Å². The predicted octanol–water partition coefficient (Wildman–Crippen LogP) is 5.36. The fourth-order valence-corrected chi connectivity index (χ4v) is 5.48. The number of piperazine rings is 1. The summed E-state index contributed by atoms with van der Waals surface area (Å²) in [6.07, 6.45) is 5.26. The molecule has 0 N–H and O–H groups in total. The van der Waals surface area contributed by atoms with Gasteiger partial charge in [0.15, 0.2) is 0 Å². The number of halogens is 2. The van der Waals surface area contributed by atoms with Gasteiger partial charge in [0, 0.05) is 42.1 Å². The van der Waals surface area contributed by atoms with Crippen LogP contribution in [0.25, 0.3) is 6.08 Å². The van der Waals surface area contributed by atoms with E-state index >= 15 is 0 Å². The number of rotatable bonds is 4. The molecule has 2 fully saturated rings. The highest BCUT2D eigenvalue weighted by Crippen LogP contribution is 2.44. The Morgan fingerprint density at radius 3 is 2.32 bits per heavy atom. The van der Waals surface area contributed by atoms with Gasteiger partial charge in [0.05, 0.1) is 18.3 Å². The zero-order valence-electron chi connectivity index (χ0n) is 19.5. The Balaban J connectivity index is 1.46. The molecule has 2 aromatic rings. The number of benzene rings is 2. The SMILES string of the molecule is CN1CCN(CC(=O)N2N=C3/C(=C/c4ccc(Cl)cc4)CCCC3C2c2ccc(Cl)cc2)CC1. The summed E-state index contributed by atoms with van der Waals surface area (Å²) in [5.74, 6) is 0.252. The second kappa shape index (κ2) is 10.2. The minimum atomic E-state index is -0.0962. The Labute approximate surface area is 211 Å². The van der Waals surface area contributed by atoms with Gasteiger partial charge >= 0.3 is 0 Å². The number of carbonyl (C=O) groups excluding carboxylic acids is 1. The molecule has 2 aliphatic heterocycles. The smallest absolute Gasteiger partial charge is 0.257 e. The highest BCUT2D eigenvalue weighted by molar-refractivity contribution is 6.30. The lowest BCUT2D eigenvalue weighted by Gasteiger charge is -2.34. The molecule has 5 nitrogen and oxygen atoms in total. The predicted molar refractivity (Wildman–Crippen MR) is 139 cm³/mol. The van der Waals surface area contributed by atoms with Crippen LogP contribution in [0.15, 0.2) is 59.2 Å². The molecule has 2 aromatic carbocycles. The molecule has 0 bridgehead atoms. The Morgan fingerprint density at radius 2 is 1.65 bits per heavy atom. The van der Waals surface area contributed by atoms with Crippen LogP contribution in [-0.2, 0) is 4.79 Å². The van der Waals surface area contributed by atoms with Crippen LogP contribution in [0.4, 0.5) is 0 Å². The molecule has 3 aliphatic rings. The molecule has 0 spiro atoms. The van der Waals surface area contributed by atoms with E-state index in [1.165, 1.54) is 5.57 Å². The van der Waals surface area contributed by atoms with Crippen molar-refractivity contribution in [3.05, 3.63) is 75.3 Å². The van der Waals surface area contributed by atoms with E-state index in [1.54, 1.807) is 5.01 Å². The van der Waals surface area contributed by atoms with Gasteiger partial charge in [-0.05, 0) is 73.4 Å². The minimum absolute atomic E-state index is 0.0669. The number of hydrogen-bond donors (Lipinski definition) is 0. The van der Waals surface area contributed by atoms with Crippen molar-refractivity contribution < 1.29 is 4.79 Å². The number of carbonyl (C=O) groups is 1. The quantitative estimate of drug-likeness (QED) is 0.571. The van der Waals surface area contributed by atoms with E-state index in [0.29, 0.717) is 11.6 Å². The zero-order chi connectivity index (χ0) is 23.7. The molecule has 178 valence electrons. The summed E-state index contributed by atoms with van der Waals surface area (Å²) in [4.78, 5) is 18.1. The summed E-state index contributed by atoms with van der Waals surface area (Å²) >= 11 is 12.3. The third-order valence-corrected chi connectivity index (χ3v) is 7.64. The first-order chi connectivity index (χ1) is 16.5. The van der Waals surface area contributed by atoms with Crippen molar-refractivity contribution in [1.29, 1.82) is 0 Å². The first-order valence-electron chi connectivity index (χ1n) is 12.0. The number of hydrazone groups is 1. The maximum atomic E-state index is 13.6. The van der Waals surface area contributed by atoms with Gasteiger partial charge in [-0.3, -0.25) is 9.69 Å². The second-order valence-corrected chi connectivity index (χ2v) is 10.4. The lowest BCUT2D eigenvalue weighted by Crippen LogP contribution is -2.48. The summed E-state index contributed by atoms with van der Waals surface area (Å²) in [5, 5.41) is 8.19. The van der Waals surface area contributed by atoms with Gasteiger partial charge in [-0.2, -0.15) is 5.10 Å².